The van der Waals surface area contributed by atoms with Crippen LogP contribution in [0.4, 0.5) is 13.2 Å². The van der Waals surface area contributed by atoms with Crippen molar-refractivity contribution in [2.24, 2.45) is 0 Å². The molecule has 0 unspecified atom stereocenters. The molecule has 0 saturated heterocycles. The number of thioether (sulfide) groups is 1. The second-order valence-electron chi connectivity index (χ2n) is 3.08. The highest BCUT2D eigenvalue weighted by Crippen LogP contribution is 2.29. The van der Waals surface area contributed by atoms with E-state index in [9.17, 15) is 18.0 Å². The number of nitrogens with one attached hydrogen (secondary N) is 1. The number of hydrogen-bond donors (Lipinski definition) is 2. The third-order valence-electron chi connectivity index (χ3n) is 1.74. The van der Waals surface area contributed by atoms with Gasteiger partial charge in [-0.3, -0.25) is 0 Å². The molecule has 0 fully saturated rings. The largest absolute Gasteiger partial charge is 0.478 e. The van der Waals surface area contributed by atoms with Gasteiger partial charge in [0.2, 0.25) is 0 Å². The fourth-order valence-electron chi connectivity index (χ4n) is 1.04. The standard InChI is InChI=1S/C9H10F3NO3S/c10-9(11,12)17-2-1-13-4-7-3-6(5-16-7)8(14)15/h3,5,13H,1-2,4H2,(H,14,15). The predicted octanol–water partition coefficient (Wildman–Crippen LogP) is 2.32. The van der Waals surface area contributed by atoms with E-state index in [-0.39, 0.29) is 36.2 Å². The van der Waals surface area contributed by atoms with Crippen molar-refractivity contribution in [2.75, 3.05) is 12.3 Å². The van der Waals surface area contributed by atoms with E-state index in [1.165, 1.54) is 6.07 Å². The van der Waals surface area contributed by atoms with Crippen LogP contribution in [0.25, 0.3) is 0 Å². The quantitative estimate of drug-likeness (QED) is 0.776. The minimum atomic E-state index is -4.22. The molecular weight excluding hydrogens is 259 g/mol. The maximum atomic E-state index is 11.7. The van der Waals surface area contributed by atoms with Crippen LogP contribution in [0.5, 0.6) is 0 Å². The Labute approximate surface area is 99.2 Å². The van der Waals surface area contributed by atoms with Crippen LogP contribution in [0.3, 0.4) is 0 Å². The van der Waals surface area contributed by atoms with Gasteiger partial charge in [-0.05, 0) is 17.8 Å². The van der Waals surface area contributed by atoms with Gasteiger partial charge in [-0.1, -0.05) is 0 Å². The predicted molar refractivity (Wildman–Crippen MR) is 55.9 cm³/mol. The Bertz CT molecular complexity index is 378. The van der Waals surface area contributed by atoms with Crippen molar-refractivity contribution in [1.82, 2.24) is 5.32 Å². The van der Waals surface area contributed by atoms with Gasteiger partial charge in [-0.2, -0.15) is 13.2 Å². The summed E-state index contributed by atoms with van der Waals surface area (Å²) < 4.78 is 40.1. The van der Waals surface area contributed by atoms with Gasteiger partial charge in [-0.25, -0.2) is 4.79 Å². The third kappa shape index (κ3) is 5.64. The Morgan fingerprint density at radius 1 is 1.53 bits per heavy atom. The first kappa shape index (κ1) is 13.9. The Morgan fingerprint density at radius 3 is 2.76 bits per heavy atom. The summed E-state index contributed by atoms with van der Waals surface area (Å²) in [6.07, 6.45) is 1.09. The number of hydrogen-bond acceptors (Lipinski definition) is 4. The Hall–Kier alpha value is -1.15. The van der Waals surface area contributed by atoms with E-state index in [1.54, 1.807) is 0 Å². The van der Waals surface area contributed by atoms with Crippen LogP contribution >= 0.6 is 11.8 Å². The van der Waals surface area contributed by atoms with E-state index >= 15 is 0 Å². The lowest BCUT2D eigenvalue weighted by Crippen LogP contribution is -2.18. The molecule has 0 spiro atoms. The molecule has 0 aromatic carbocycles. The van der Waals surface area contributed by atoms with Crippen molar-refractivity contribution in [2.45, 2.75) is 12.1 Å². The van der Waals surface area contributed by atoms with Gasteiger partial charge >= 0.3 is 11.5 Å². The maximum Gasteiger partial charge on any atom is 0.441 e. The van der Waals surface area contributed by atoms with E-state index in [1.807, 2.05) is 0 Å². The first-order chi connectivity index (χ1) is 7.88. The van der Waals surface area contributed by atoms with Crippen molar-refractivity contribution in [1.29, 1.82) is 0 Å². The summed E-state index contributed by atoms with van der Waals surface area (Å²) in [5.41, 5.74) is -4.20. The van der Waals surface area contributed by atoms with Crippen molar-refractivity contribution in [3.63, 3.8) is 0 Å². The van der Waals surface area contributed by atoms with Gasteiger partial charge in [0.1, 0.15) is 12.0 Å². The average Bonchev–Trinajstić information content (AvgIpc) is 2.64. The molecule has 4 nitrogen and oxygen atoms in total. The number of alkyl halides is 3. The van der Waals surface area contributed by atoms with E-state index in [0.29, 0.717) is 5.76 Å². The fourth-order valence-corrected chi connectivity index (χ4v) is 1.51. The molecule has 1 rings (SSSR count). The molecule has 0 aliphatic heterocycles. The van der Waals surface area contributed by atoms with E-state index < -0.39 is 11.5 Å². The third-order valence-corrected chi connectivity index (χ3v) is 2.48. The number of carboxylic acids is 1. The summed E-state index contributed by atoms with van der Waals surface area (Å²) in [6.45, 7) is 0.360. The van der Waals surface area contributed by atoms with Crippen LogP contribution in [0.2, 0.25) is 0 Å². The Kier molecular flexibility index (Phi) is 4.88. The number of halogens is 3. The summed E-state index contributed by atoms with van der Waals surface area (Å²) in [5, 5.41) is 11.3. The maximum absolute atomic E-state index is 11.7. The molecule has 17 heavy (non-hydrogen) atoms. The monoisotopic (exact) mass is 269 g/mol. The SMILES string of the molecule is O=C(O)c1coc(CNCCSC(F)(F)F)c1. The second kappa shape index (κ2) is 5.97. The number of carboxylic acid groups (broad SMARTS) is 1. The van der Waals surface area contributed by atoms with Gasteiger partial charge in [0.25, 0.3) is 0 Å². The van der Waals surface area contributed by atoms with Gasteiger partial charge in [0, 0.05) is 12.3 Å². The molecule has 8 heteroatoms. The molecule has 1 aromatic rings. The van der Waals surface area contributed by atoms with Crippen LogP contribution in [0.15, 0.2) is 16.7 Å². The molecule has 0 amide bonds. The molecule has 1 heterocycles. The number of aromatic carboxylic acids is 1. The summed E-state index contributed by atoms with van der Waals surface area (Å²) in [7, 11) is 0. The zero-order chi connectivity index (χ0) is 12.9. The lowest BCUT2D eigenvalue weighted by atomic mass is 10.3. The molecule has 96 valence electrons. The van der Waals surface area contributed by atoms with Gasteiger partial charge < -0.3 is 14.8 Å². The molecule has 0 saturated carbocycles. The van der Waals surface area contributed by atoms with Crippen molar-refractivity contribution in [3.8, 4) is 0 Å². The van der Waals surface area contributed by atoms with Crippen LogP contribution in [-0.4, -0.2) is 28.9 Å². The first-order valence-electron chi connectivity index (χ1n) is 4.60. The molecule has 2 N–H and O–H groups in total. The smallest absolute Gasteiger partial charge is 0.441 e. The molecule has 0 radical (unpaired) electrons. The van der Waals surface area contributed by atoms with Gasteiger partial charge in [0.05, 0.1) is 12.1 Å². The minimum Gasteiger partial charge on any atom is -0.478 e. The fraction of sp³-hybridized carbons (Fsp3) is 0.444. The Balaban J connectivity index is 2.20. The topological polar surface area (TPSA) is 62.5 Å². The van der Waals surface area contributed by atoms with E-state index in [0.717, 1.165) is 6.26 Å². The highest BCUT2D eigenvalue weighted by molar-refractivity contribution is 8.00. The highest BCUT2D eigenvalue weighted by Gasteiger charge is 2.27. The zero-order valence-electron chi connectivity index (χ0n) is 8.58. The van der Waals surface area contributed by atoms with Crippen molar-refractivity contribution >= 4 is 17.7 Å². The number of rotatable bonds is 6. The minimum absolute atomic E-state index is 0.0199. The van der Waals surface area contributed by atoms with Gasteiger partial charge in [0.15, 0.2) is 0 Å². The zero-order valence-corrected chi connectivity index (χ0v) is 9.40. The van der Waals surface area contributed by atoms with Crippen LogP contribution < -0.4 is 5.32 Å². The van der Waals surface area contributed by atoms with Gasteiger partial charge in [-0.15, -0.1) is 0 Å². The van der Waals surface area contributed by atoms with Crippen molar-refractivity contribution < 1.29 is 27.5 Å². The lowest BCUT2D eigenvalue weighted by molar-refractivity contribution is -0.0327. The molecule has 0 aliphatic carbocycles. The average molecular weight is 269 g/mol. The molecule has 0 atom stereocenters. The Morgan fingerprint density at radius 2 is 2.24 bits per heavy atom. The summed E-state index contributed by atoms with van der Waals surface area (Å²) in [5.74, 6) is -0.831. The highest BCUT2D eigenvalue weighted by atomic mass is 32.2. The summed E-state index contributed by atoms with van der Waals surface area (Å²) >= 11 is -0.108. The first-order valence-corrected chi connectivity index (χ1v) is 5.59. The lowest BCUT2D eigenvalue weighted by Gasteiger charge is -2.05. The number of furan rings is 1. The summed E-state index contributed by atoms with van der Waals surface area (Å²) in [6, 6.07) is 1.33. The van der Waals surface area contributed by atoms with E-state index in [4.69, 9.17) is 9.52 Å². The van der Waals surface area contributed by atoms with Crippen molar-refractivity contribution in [3.05, 3.63) is 23.7 Å². The second-order valence-corrected chi connectivity index (χ2v) is 4.24. The molecular formula is C9H10F3NO3S. The molecule has 0 aliphatic rings. The normalized spacial score (nSPS) is 11.7. The summed E-state index contributed by atoms with van der Waals surface area (Å²) in [4.78, 5) is 10.5. The van der Waals surface area contributed by atoms with E-state index in [2.05, 4.69) is 5.32 Å². The number of carbonyl (C=O) groups is 1. The van der Waals surface area contributed by atoms with Crippen LogP contribution in [0, 0.1) is 0 Å². The molecule has 0 bridgehead atoms. The van der Waals surface area contributed by atoms with Crippen LogP contribution in [-0.2, 0) is 6.54 Å². The van der Waals surface area contributed by atoms with Crippen LogP contribution in [0.1, 0.15) is 16.1 Å². The molecule has 1 aromatic heterocycles.